The number of ether oxygens (including phenoxy) is 1. The van der Waals surface area contributed by atoms with E-state index in [2.05, 4.69) is 10.0 Å². The molecule has 6 nitrogen and oxygen atoms in total. The van der Waals surface area contributed by atoms with Crippen LogP contribution in [0.2, 0.25) is 0 Å². The third-order valence-electron chi connectivity index (χ3n) is 4.77. The van der Waals surface area contributed by atoms with Crippen LogP contribution in [-0.4, -0.2) is 27.5 Å². The van der Waals surface area contributed by atoms with Gasteiger partial charge in [0.1, 0.15) is 0 Å². The molecule has 2 aromatic carbocycles. The van der Waals surface area contributed by atoms with Crippen molar-refractivity contribution in [2.45, 2.75) is 30.8 Å². The molecule has 1 aliphatic rings. The van der Waals surface area contributed by atoms with Gasteiger partial charge in [-0.05, 0) is 61.7 Å². The van der Waals surface area contributed by atoms with Crippen LogP contribution in [0.25, 0.3) is 0 Å². The van der Waals surface area contributed by atoms with Gasteiger partial charge in [0.15, 0.2) is 0 Å². The van der Waals surface area contributed by atoms with Gasteiger partial charge in [0.05, 0.1) is 10.5 Å². The molecule has 1 amide bonds. The largest absolute Gasteiger partial charge is 0.416 e. The summed E-state index contributed by atoms with van der Waals surface area (Å²) in [5.74, 6) is -0.319. The number of carbonyl (C=O) groups is 1. The standard InChI is InChI=1S/C20H21F3N2O4S/c1-13-11-16(24-19(26)14-7-9-29-10-8-14)5-6-18(13)30(27,28)25-17-4-2-3-15(12-17)20(21,22)23/h2-6,11-12,14,25H,7-10H2,1H3,(H,24,26). The van der Waals surface area contributed by atoms with E-state index in [1.807, 2.05) is 0 Å². The summed E-state index contributed by atoms with van der Waals surface area (Å²) in [7, 11) is -4.12. The van der Waals surface area contributed by atoms with Crippen LogP contribution in [0.15, 0.2) is 47.4 Å². The fraction of sp³-hybridized carbons (Fsp3) is 0.350. The minimum absolute atomic E-state index is 0.0935. The molecule has 162 valence electrons. The lowest BCUT2D eigenvalue weighted by molar-refractivity contribution is -0.137. The van der Waals surface area contributed by atoms with Crippen molar-refractivity contribution in [2.24, 2.45) is 5.92 Å². The molecule has 0 aromatic heterocycles. The van der Waals surface area contributed by atoms with Crippen LogP contribution in [0.1, 0.15) is 24.0 Å². The van der Waals surface area contributed by atoms with Crippen LogP contribution in [0.5, 0.6) is 0 Å². The van der Waals surface area contributed by atoms with E-state index in [0.717, 1.165) is 18.2 Å². The molecule has 2 N–H and O–H groups in total. The Morgan fingerprint density at radius 1 is 1.07 bits per heavy atom. The highest BCUT2D eigenvalue weighted by atomic mass is 32.2. The van der Waals surface area contributed by atoms with Gasteiger partial charge in [-0.15, -0.1) is 0 Å². The van der Waals surface area contributed by atoms with Crippen molar-refractivity contribution in [3.63, 3.8) is 0 Å². The molecule has 1 heterocycles. The first-order chi connectivity index (χ1) is 14.1. The molecule has 10 heteroatoms. The first kappa shape index (κ1) is 22.1. The average molecular weight is 442 g/mol. The van der Waals surface area contributed by atoms with E-state index in [1.165, 1.54) is 24.3 Å². The monoisotopic (exact) mass is 442 g/mol. The number of nitrogens with one attached hydrogen (secondary N) is 2. The number of benzene rings is 2. The Balaban J connectivity index is 1.76. The molecule has 0 unspecified atom stereocenters. The summed E-state index contributed by atoms with van der Waals surface area (Å²) in [6.45, 7) is 2.59. The van der Waals surface area contributed by atoms with Gasteiger partial charge in [-0.25, -0.2) is 8.42 Å². The minimum Gasteiger partial charge on any atom is -0.381 e. The van der Waals surface area contributed by atoms with E-state index in [9.17, 15) is 26.4 Å². The normalized spacial score (nSPS) is 15.6. The summed E-state index contributed by atoms with van der Waals surface area (Å²) in [5, 5.41) is 2.77. The lowest BCUT2D eigenvalue weighted by Crippen LogP contribution is -2.28. The summed E-state index contributed by atoms with van der Waals surface area (Å²) in [5.41, 5.74) is -0.354. The van der Waals surface area contributed by atoms with Gasteiger partial charge >= 0.3 is 6.18 Å². The zero-order valence-electron chi connectivity index (χ0n) is 16.1. The summed E-state index contributed by atoms with van der Waals surface area (Å²) in [6, 6.07) is 8.23. The van der Waals surface area contributed by atoms with Crippen molar-refractivity contribution in [1.29, 1.82) is 0 Å². The van der Waals surface area contributed by atoms with Crippen molar-refractivity contribution >= 4 is 27.3 Å². The van der Waals surface area contributed by atoms with Crippen LogP contribution >= 0.6 is 0 Å². The first-order valence-electron chi connectivity index (χ1n) is 9.25. The second kappa shape index (κ2) is 8.65. The Morgan fingerprint density at radius 3 is 2.40 bits per heavy atom. The van der Waals surface area contributed by atoms with E-state index in [0.29, 0.717) is 37.3 Å². The summed E-state index contributed by atoms with van der Waals surface area (Å²) >= 11 is 0. The highest BCUT2D eigenvalue weighted by molar-refractivity contribution is 7.92. The molecule has 0 bridgehead atoms. The van der Waals surface area contributed by atoms with Gasteiger partial charge in [0.2, 0.25) is 5.91 Å². The maximum atomic E-state index is 12.9. The van der Waals surface area contributed by atoms with Crippen molar-refractivity contribution in [2.75, 3.05) is 23.3 Å². The molecular formula is C20H21F3N2O4S. The van der Waals surface area contributed by atoms with Gasteiger partial charge < -0.3 is 10.1 Å². The number of amides is 1. The third kappa shape index (κ3) is 5.31. The van der Waals surface area contributed by atoms with Crippen LogP contribution < -0.4 is 10.0 Å². The molecule has 1 saturated heterocycles. The number of carbonyl (C=O) groups excluding carboxylic acids is 1. The number of rotatable bonds is 5. The SMILES string of the molecule is Cc1cc(NC(=O)C2CCOCC2)ccc1S(=O)(=O)Nc1cccc(C(F)(F)F)c1. The highest BCUT2D eigenvalue weighted by Crippen LogP contribution is 2.31. The van der Waals surface area contributed by atoms with Crippen LogP contribution in [-0.2, 0) is 25.7 Å². The molecule has 1 fully saturated rings. The minimum atomic E-state index is -4.58. The topological polar surface area (TPSA) is 84.5 Å². The van der Waals surface area contributed by atoms with Crippen molar-refractivity contribution in [1.82, 2.24) is 0 Å². The van der Waals surface area contributed by atoms with Gasteiger partial charge in [-0.2, -0.15) is 13.2 Å². The molecule has 2 aromatic rings. The molecule has 30 heavy (non-hydrogen) atoms. The zero-order valence-corrected chi connectivity index (χ0v) is 16.9. The Bertz CT molecular complexity index is 1030. The van der Waals surface area contributed by atoms with Crippen molar-refractivity contribution < 1.29 is 31.1 Å². The van der Waals surface area contributed by atoms with Gasteiger partial charge in [0.25, 0.3) is 10.0 Å². The number of anilines is 2. The van der Waals surface area contributed by atoms with Gasteiger partial charge in [0, 0.05) is 30.5 Å². The molecule has 0 aliphatic carbocycles. The maximum Gasteiger partial charge on any atom is 0.416 e. The third-order valence-corrected chi connectivity index (χ3v) is 6.31. The number of hydrogen-bond acceptors (Lipinski definition) is 4. The smallest absolute Gasteiger partial charge is 0.381 e. The Morgan fingerprint density at radius 2 is 1.77 bits per heavy atom. The fourth-order valence-electron chi connectivity index (χ4n) is 3.20. The second-order valence-corrected chi connectivity index (χ2v) is 8.69. The van der Waals surface area contributed by atoms with Gasteiger partial charge in [-0.3, -0.25) is 9.52 Å². The van der Waals surface area contributed by atoms with Gasteiger partial charge in [-0.1, -0.05) is 6.07 Å². The molecule has 0 spiro atoms. The Hall–Kier alpha value is -2.59. The van der Waals surface area contributed by atoms with E-state index in [1.54, 1.807) is 6.92 Å². The quantitative estimate of drug-likeness (QED) is 0.728. The Labute approximate surface area is 172 Å². The lowest BCUT2D eigenvalue weighted by atomic mass is 9.99. The number of halogens is 3. The Kier molecular flexibility index (Phi) is 6.37. The van der Waals surface area contributed by atoms with E-state index in [4.69, 9.17) is 4.74 Å². The summed E-state index contributed by atoms with van der Waals surface area (Å²) < 4.78 is 71.3. The molecule has 3 rings (SSSR count). The number of alkyl halides is 3. The zero-order chi connectivity index (χ0) is 21.9. The molecular weight excluding hydrogens is 421 g/mol. The van der Waals surface area contributed by atoms with Crippen molar-refractivity contribution in [3.05, 3.63) is 53.6 Å². The fourth-order valence-corrected chi connectivity index (χ4v) is 4.48. The highest BCUT2D eigenvalue weighted by Gasteiger charge is 2.31. The average Bonchev–Trinajstić information content (AvgIpc) is 2.67. The molecule has 0 atom stereocenters. The first-order valence-corrected chi connectivity index (χ1v) is 10.7. The van der Waals surface area contributed by atoms with E-state index < -0.39 is 21.8 Å². The molecule has 1 aliphatic heterocycles. The number of hydrogen-bond donors (Lipinski definition) is 2. The number of sulfonamides is 1. The summed E-state index contributed by atoms with van der Waals surface area (Å²) in [4.78, 5) is 12.2. The molecule has 0 radical (unpaired) electrons. The lowest BCUT2D eigenvalue weighted by Gasteiger charge is -2.21. The van der Waals surface area contributed by atoms with Crippen molar-refractivity contribution in [3.8, 4) is 0 Å². The van der Waals surface area contributed by atoms with Crippen LogP contribution in [0.4, 0.5) is 24.5 Å². The summed E-state index contributed by atoms with van der Waals surface area (Å²) in [6.07, 6.45) is -3.34. The van der Waals surface area contributed by atoms with Crippen LogP contribution in [0, 0.1) is 12.8 Å². The predicted octanol–water partition coefficient (Wildman–Crippen LogP) is 4.18. The van der Waals surface area contributed by atoms with E-state index in [-0.39, 0.29) is 22.4 Å². The van der Waals surface area contributed by atoms with E-state index >= 15 is 0 Å². The predicted molar refractivity (Wildman–Crippen MR) is 106 cm³/mol. The molecule has 0 saturated carbocycles. The van der Waals surface area contributed by atoms with Crippen LogP contribution in [0.3, 0.4) is 0 Å². The maximum absolute atomic E-state index is 12.9. The number of aryl methyl sites for hydroxylation is 1. The second-order valence-electron chi connectivity index (χ2n) is 7.04.